The molecule has 0 spiro atoms. The summed E-state index contributed by atoms with van der Waals surface area (Å²) in [6.07, 6.45) is 7.99. The molecule has 45 heavy (non-hydrogen) atoms. The minimum absolute atomic E-state index is 0.0561. The zero-order valence-corrected chi connectivity index (χ0v) is 28.7. The molecule has 0 amide bonds. The summed E-state index contributed by atoms with van der Waals surface area (Å²) in [6.45, 7) is 11.3. The first kappa shape index (κ1) is 34.5. The first-order valence-electron chi connectivity index (χ1n) is 16.3. The largest absolute Gasteiger partial charge is 0.494 e. The van der Waals surface area contributed by atoms with Crippen LogP contribution in [0.1, 0.15) is 90.7 Å². The minimum Gasteiger partial charge on any atom is -0.494 e. The molecule has 1 aliphatic rings. The van der Waals surface area contributed by atoms with Gasteiger partial charge < -0.3 is 18.6 Å². The summed E-state index contributed by atoms with van der Waals surface area (Å²) in [4.78, 5) is 22.8. The van der Waals surface area contributed by atoms with Gasteiger partial charge in [-0.15, -0.1) is 0 Å². The topological polar surface area (TPSA) is 71.1 Å². The first-order chi connectivity index (χ1) is 21.5. The SMILES string of the molecule is CC(=O)OCc1cc(COC(C)=O)cc(OCCC2(CCO[Si](c3ccccc3)(c3ccccc3)C(C)(C)C)CCCCC2)c1. The van der Waals surface area contributed by atoms with Crippen molar-refractivity contribution in [2.45, 2.75) is 97.8 Å². The van der Waals surface area contributed by atoms with E-state index >= 15 is 0 Å². The lowest BCUT2D eigenvalue weighted by atomic mass is 9.70. The zero-order valence-electron chi connectivity index (χ0n) is 27.7. The van der Waals surface area contributed by atoms with Crippen LogP contribution in [0.15, 0.2) is 78.9 Å². The van der Waals surface area contributed by atoms with Crippen LogP contribution in [0.4, 0.5) is 0 Å². The number of carbonyl (C=O) groups is 2. The summed E-state index contributed by atoms with van der Waals surface area (Å²) in [5.41, 5.74) is 1.76. The van der Waals surface area contributed by atoms with Crippen LogP contribution >= 0.6 is 0 Å². The van der Waals surface area contributed by atoms with Gasteiger partial charge in [0.05, 0.1) is 6.61 Å². The Labute approximate surface area is 270 Å². The average molecular weight is 631 g/mol. The summed E-state index contributed by atoms with van der Waals surface area (Å²) in [5, 5.41) is 2.56. The van der Waals surface area contributed by atoms with Gasteiger partial charge in [0.1, 0.15) is 19.0 Å². The van der Waals surface area contributed by atoms with Crippen LogP contribution < -0.4 is 15.1 Å². The van der Waals surface area contributed by atoms with Gasteiger partial charge in [-0.25, -0.2) is 0 Å². The fourth-order valence-corrected chi connectivity index (χ4v) is 11.4. The zero-order chi connectivity index (χ0) is 32.3. The Morgan fingerprint density at radius 3 is 1.67 bits per heavy atom. The van der Waals surface area contributed by atoms with Crippen LogP contribution in [0.3, 0.4) is 0 Å². The number of hydrogen-bond acceptors (Lipinski definition) is 6. The van der Waals surface area contributed by atoms with Crippen molar-refractivity contribution >= 4 is 30.6 Å². The van der Waals surface area contributed by atoms with Crippen molar-refractivity contribution < 1.29 is 28.2 Å². The van der Waals surface area contributed by atoms with E-state index in [2.05, 4.69) is 81.4 Å². The Kier molecular flexibility index (Phi) is 12.0. The Balaban J connectivity index is 1.50. The van der Waals surface area contributed by atoms with Gasteiger partial charge in [-0.05, 0) is 75.8 Å². The van der Waals surface area contributed by atoms with Crippen molar-refractivity contribution in [2.75, 3.05) is 13.2 Å². The molecule has 0 N–H and O–H groups in total. The molecule has 1 fully saturated rings. The molecule has 242 valence electrons. The van der Waals surface area contributed by atoms with Crippen LogP contribution in [-0.2, 0) is 36.7 Å². The molecule has 1 saturated carbocycles. The Morgan fingerprint density at radius 2 is 1.20 bits per heavy atom. The lowest BCUT2D eigenvalue weighted by molar-refractivity contribution is -0.142. The molecule has 0 saturated heterocycles. The van der Waals surface area contributed by atoms with E-state index < -0.39 is 8.32 Å². The van der Waals surface area contributed by atoms with Crippen LogP contribution in [0, 0.1) is 5.41 Å². The molecule has 0 aliphatic heterocycles. The summed E-state index contributed by atoms with van der Waals surface area (Å²) in [7, 11) is -2.60. The van der Waals surface area contributed by atoms with Gasteiger partial charge in [0, 0.05) is 20.5 Å². The second-order valence-electron chi connectivity index (χ2n) is 13.5. The molecule has 6 nitrogen and oxygen atoms in total. The van der Waals surface area contributed by atoms with Crippen LogP contribution in [0.2, 0.25) is 5.04 Å². The van der Waals surface area contributed by atoms with Gasteiger partial charge in [0.25, 0.3) is 8.32 Å². The third kappa shape index (κ3) is 9.30. The van der Waals surface area contributed by atoms with Crippen molar-refractivity contribution in [1.29, 1.82) is 0 Å². The highest BCUT2D eigenvalue weighted by Gasteiger charge is 2.50. The standard InChI is InChI=1S/C38H50O6Si/c1-30(39)42-28-32-25-33(29-43-31(2)40)27-34(26-32)41-23-21-38(19-13-8-14-20-38)22-24-44-45(37(3,4)5,35-15-9-6-10-16-35)36-17-11-7-12-18-36/h6-7,9-12,15-18,25-27H,8,13-14,19-24,28-29H2,1-5H3. The van der Waals surface area contributed by atoms with Crippen molar-refractivity contribution in [3.05, 3.63) is 90.0 Å². The molecule has 0 atom stereocenters. The third-order valence-corrected chi connectivity index (χ3v) is 14.1. The van der Waals surface area contributed by atoms with Gasteiger partial charge in [-0.3, -0.25) is 9.59 Å². The van der Waals surface area contributed by atoms with E-state index in [1.807, 2.05) is 18.2 Å². The smallest absolute Gasteiger partial charge is 0.302 e. The molecule has 3 aromatic carbocycles. The maximum absolute atomic E-state index is 11.4. The summed E-state index contributed by atoms with van der Waals surface area (Å²) in [5.74, 6) is 0.00102. The van der Waals surface area contributed by atoms with Crippen molar-refractivity contribution in [1.82, 2.24) is 0 Å². The van der Waals surface area contributed by atoms with Crippen LogP contribution in [0.25, 0.3) is 0 Å². The molecule has 1 aliphatic carbocycles. The predicted molar refractivity (Wildman–Crippen MR) is 181 cm³/mol. The van der Waals surface area contributed by atoms with Crippen LogP contribution in [-0.4, -0.2) is 33.5 Å². The van der Waals surface area contributed by atoms with Crippen molar-refractivity contribution in [3.63, 3.8) is 0 Å². The van der Waals surface area contributed by atoms with E-state index in [1.54, 1.807) is 0 Å². The van der Waals surface area contributed by atoms with E-state index in [0.29, 0.717) is 19.0 Å². The fraction of sp³-hybridized carbons (Fsp3) is 0.474. The lowest BCUT2D eigenvalue weighted by Gasteiger charge is -2.44. The molecule has 0 heterocycles. The van der Waals surface area contributed by atoms with E-state index in [4.69, 9.17) is 18.6 Å². The number of carbonyl (C=O) groups excluding carboxylic acids is 2. The highest BCUT2D eigenvalue weighted by Crippen LogP contribution is 2.44. The second-order valence-corrected chi connectivity index (χ2v) is 17.8. The van der Waals surface area contributed by atoms with E-state index in [9.17, 15) is 9.59 Å². The highest BCUT2D eigenvalue weighted by atomic mass is 28.4. The number of hydrogen-bond donors (Lipinski definition) is 0. The Hall–Kier alpha value is -3.42. The summed E-state index contributed by atoms with van der Waals surface area (Å²) < 4.78 is 24.1. The number of esters is 2. The molecular weight excluding hydrogens is 580 g/mol. The van der Waals surface area contributed by atoms with Crippen molar-refractivity contribution in [2.24, 2.45) is 5.41 Å². The molecule has 0 radical (unpaired) electrons. The average Bonchev–Trinajstić information content (AvgIpc) is 3.02. The van der Waals surface area contributed by atoms with Gasteiger partial charge in [0.15, 0.2) is 0 Å². The Bertz CT molecular complexity index is 1300. The molecule has 4 rings (SSSR count). The number of ether oxygens (including phenoxy) is 3. The highest BCUT2D eigenvalue weighted by molar-refractivity contribution is 6.99. The molecular formula is C38H50O6Si. The van der Waals surface area contributed by atoms with E-state index in [1.165, 1.54) is 56.3 Å². The molecule has 0 aromatic heterocycles. The maximum Gasteiger partial charge on any atom is 0.302 e. The molecule has 0 unspecified atom stereocenters. The monoisotopic (exact) mass is 630 g/mol. The number of benzene rings is 3. The molecule has 3 aromatic rings. The third-order valence-electron chi connectivity index (χ3n) is 9.09. The van der Waals surface area contributed by atoms with Gasteiger partial charge >= 0.3 is 11.9 Å². The fourth-order valence-electron chi connectivity index (χ4n) is 6.84. The lowest BCUT2D eigenvalue weighted by Crippen LogP contribution is -2.66. The molecule has 7 heteroatoms. The van der Waals surface area contributed by atoms with E-state index in [0.717, 1.165) is 24.0 Å². The first-order valence-corrected chi connectivity index (χ1v) is 18.2. The summed E-state index contributed by atoms with van der Waals surface area (Å²) >= 11 is 0. The quantitative estimate of drug-likeness (QED) is 0.136. The van der Waals surface area contributed by atoms with Crippen LogP contribution in [0.5, 0.6) is 5.75 Å². The Morgan fingerprint density at radius 1 is 0.711 bits per heavy atom. The molecule has 0 bridgehead atoms. The van der Waals surface area contributed by atoms with Gasteiger partial charge in [0.2, 0.25) is 0 Å². The number of rotatable bonds is 14. The predicted octanol–water partition coefficient (Wildman–Crippen LogP) is 7.50. The summed E-state index contributed by atoms with van der Waals surface area (Å²) in [6, 6.07) is 27.4. The maximum atomic E-state index is 11.4. The second kappa shape index (κ2) is 15.7. The minimum atomic E-state index is -2.60. The van der Waals surface area contributed by atoms with Gasteiger partial charge in [-0.2, -0.15) is 0 Å². The van der Waals surface area contributed by atoms with Crippen molar-refractivity contribution in [3.8, 4) is 5.75 Å². The normalized spacial score (nSPS) is 14.9. The van der Waals surface area contributed by atoms with E-state index in [-0.39, 0.29) is 35.6 Å². The van der Waals surface area contributed by atoms with Gasteiger partial charge in [-0.1, -0.05) is 101 Å².